The molecule has 0 aliphatic carbocycles. The van der Waals surface area contributed by atoms with Gasteiger partial charge in [0.15, 0.2) is 5.12 Å². The predicted octanol–water partition coefficient (Wildman–Crippen LogP) is 4.30. The minimum absolute atomic E-state index is 0.0623. The highest BCUT2D eigenvalue weighted by Gasteiger charge is 2.09. The Morgan fingerprint density at radius 3 is 2.33 bits per heavy atom. The molecule has 1 rings (SSSR count). The summed E-state index contributed by atoms with van der Waals surface area (Å²) in [6.45, 7) is 1.60. The van der Waals surface area contributed by atoms with Crippen LogP contribution >= 0.6 is 11.8 Å². The quantitative estimate of drug-likeness (QED) is 0.169. The second-order valence-electron chi connectivity index (χ2n) is 5.74. The molecule has 0 bridgehead atoms. The molecule has 8 nitrogen and oxygen atoms in total. The Morgan fingerprint density at radius 1 is 1.04 bits per heavy atom. The molecule has 0 unspecified atom stereocenters. The van der Waals surface area contributed by atoms with E-state index >= 15 is 0 Å². The molecular weight excluding hydrogens is 374 g/mol. The third-order valence-electron chi connectivity index (χ3n) is 3.47. The highest BCUT2D eigenvalue weighted by molar-refractivity contribution is 8.13. The van der Waals surface area contributed by atoms with E-state index in [0.29, 0.717) is 19.3 Å². The number of Topliss-reactive ketones (excluding diaryl/α,β-unsaturated/α-hetero) is 1. The number of nitrogens with zero attached hydrogens (tertiary/aromatic N) is 1. The van der Waals surface area contributed by atoms with E-state index in [1.54, 1.807) is 0 Å². The number of ketones is 1. The molecule has 0 aliphatic rings. The molecule has 0 radical (unpaired) electrons. The Bertz CT molecular complexity index is 646. The van der Waals surface area contributed by atoms with Gasteiger partial charge in [0.25, 0.3) is 5.69 Å². The van der Waals surface area contributed by atoms with Crippen molar-refractivity contribution in [2.45, 2.75) is 45.4 Å². The van der Waals surface area contributed by atoms with Crippen LogP contribution in [0.5, 0.6) is 5.75 Å². The van der Waals surface area contributed by atoms with Gasteiger partial charge >= 0.3 is 6.16 Å². The minimum Gasteiger partial charge on any atom is -0.434 e. The number of thioether (sulfide) groups is 1. The molecule has 0 amide bonds. The van der Waals surface area contributed by atoms with Gasteiger partial charge in [0.1, 0.15) is 11.5 Å². The van der Waals surface area contributed by atoms with Crippen molar-refractivity contribution in [2.24, 2.45) is 0 Å². The van der Waals surface area contributed by atoms with Gasteiger partial charge in [-0.2, -0.15) is 0 Å². The van der Waals surface area contributed by atoms with Crippen LogP contribution in [0.25, 0.3) is 0 Å². The molecule has 0 aromatic heterocycles. The number of nitro groups is 1. The lowest BCUT2D eigenvalue weighted by Gasteiger charge is -2.06. The maximum Gasteiger partial charge on any atom is 0.513 e. The van der Waals surface area contributed by atoms with Gasteiger partial charge in [0, 0.05) is 37.7 Å². The van der Waals surface area contributed by atoms with Gasteiger partial charge in [-0.15, -0.1) is 0 Å². The molecule has 27 heavy (non-hydrogen) atoms. The number of carbonyl (C=O) groups excluding carboxylic acids is 3. The number of hydrogen-bond acceptors (Lipinski definition) is 8. The van der Waals surface area contributed by atoms with Crippen LogP contribution in [0.15, 0.2) is 24.3 Å². The zero-order valence-corrected chi connectivity index (χ0v) is 16.0. The van der Waals surface area contributed by atoms with Crippen LogP contribution < -0.4 is 4.74 Å². The van der Waals surface area contributed by atoms with Crippen molar-refractivity contribution in [3.63, 3.8) is 0 Å². The molecule has 148 valence electrons. The van der Waals surface area contributed by atoms with Gasteiger partial charge in [-0.05, 0) is 31.4 Å². The topological polar surface area (TPSA) is 113 Å². The molecule has 0 N–H and O–H groups in total. The maximum atomic E-state index is 11.7. The summed E-state index contributed by atoms with van der Waals surface area (Å²) in [5.74, 6) is 1.04. The molecule has 0 saturated carbocycles. The highest BCUT2D eigenvalue weighted by atomic mass is 32.2. The van der Waals surface area contributed by atoms with Crippen molar-refractivity contribution in [3.05, 3.63) is 34.4 Å². The number of non-ortho nitro benzene ring substituents is 1. The van der Waals surface area contributed by atoms with Crippen LogP contribution in [0.2, 0.25) is 0 Å². The van der Waals surface area contributed by atoms with Crippen LogP contribution in [0.3, 0.4) is 0 Å². The molecule has 1 aromatic carbocycles. The van der Waals surface area contributed by atoms with Crippen molar-refractivity contribution in [3.8, 4) is 5.75 Å². The molecule has 0 atom stereocenters. The monoisotopic (exact) mass is 397 g/mol. The fourth-order valence-electron chi connectivity index (χ4n) is 2.13. The van der Waals surface area contributed by atoms with Crippen molar-refractivity contribution in [2.75, 3.05) is 12.4 Å². The number of unbranched alkanes of at least 4 members (excludes halogenated alkanes) is 2. The number of carbonyl (C=O) groups is 3. The summed E-state index contributed by atoms with van der Waals surface area (Å²) < 4.78 is 9.75. The van der Waals surface area contributed by atoms with E-state index in [1.807, 2.05) is 0 Å². The summed E-state index contributed by atoms with van der Waals surface area (Å²) in [6, 6.07) is 5.05. The second-order valence-corrected chi connectivity index (χ2v) is 7.02. The first-order valence-corrected chi connectivity index (χ1v) is 9.61. The van der Waals surface area contributed by atoms with Gasteiger partial charge in [-0.1, -0.05) is 18.2 Å². The van der Waals surface area contributed by atoms with Gasteiger partial charge in [-0.25, -0.2) is 4.79 Å². The first-order chi connectivity index (χ1) is 12.9. The summed E-state index contributed by atoms with van der Waals surface area (Å²) in [7, 11) is 0. The number of hydrogen-bond donors (Lipinski definition) is 0. The van der Waals surface area contributed by atoms with Crippen molar-refractivity contribution in [1.82, 2.24) is 0 Å². The smallest absolute Gasteiger partial charge is 0.434 e. The standard InChI is InChI=1S/C18H23NO7S/c1-14(20)27-13-4-2-3-6-16(21)7-5-12-25-18(22)26-17-10-8-15(9-11-17)19(23)24/h8-11H,2-7,12-13H2,1H3. The molecule has 0 spiro atoms. The zero-order chi connectivity index (χ0) is 20.1. The molecule has 0 saturated heterocycles. The normalized spacial score (nSPS) is 10.3. The molecule has 0 fully saturated rings. The van der Waals surface area contributed by atoms with Crippen LogP contribution in [0, 0.1) is 10.1 Å². The first-order valence-electron chi connectivity index (χ1n) is 8.62. The Morgan fingerprint density at radius 2 is 1.70 bits per heavy atom. The lowest BCUT2D eigenvalue weighted by Crippen LogP contribution is -2.12. The van der Waals surface area contributed by atoms with Gasteiger partial charge in [0.2, 0.25) is 0 Å². The van der Waals surface area contributed by atoms with E-state index in [-0.39, 0.29) is 28.9 Å². The van der Waals surface area contributed by atoms with Gasteiger partial charge < -0.3 is 9.47 Å². The average Bonchev–Trinajstić information content (AvgIpc) is 2.62. The Kier molecular flexibility index (Phi) is 10.8. The van der Waals surface area contributed by atoms with E-state index in [0.717, 1.165) is 25.0 Å². The lowest BCUT2D eigenvalue weighted by molar-refractivity contribution is -0.384. The summed E-state index contributed by atoms with van der Waals surface area (Å²) in [4.78, 5) is 44.0. The summed E-state index contributed by atoms with van der Waals surface area (Å²) in [6.07, 6.45) is 2.91. The third-order valence-corrected chi connectivity index (χ3v) is 4.37. The number of benzene rings is 1. The van der Waals surface area contributed by atoms with Crippen LogP contribution in [-0.4, -0.2) is 34.3 Å². The van der Waals surface area contributed by atoms with Gasteiger partial charge in [-0.3, -0.25) is 19.7 Å². The second kappa shape index (κ2) is 12.9. The molecule has 0 aliphatic heterocycles. The van der Waals surface area contributed by atoms with E-state index in [1.165, 1.54) is 43.0 Å². The summed E-state index contributed by atoms with van der Waals surface area (Å²) in [5.41, 5.74) is -0.105. The van der Waals surface area contributed by atoms with Crippen molar-refractivity contribution in [1.29, 1.82) is 0 Å². The Balaban J connectivity index is 2.07. The van der Waals surface area contributed by atoms with E-state index in [2.05, 4.69) is 0 Å². The summed E-state index contributed by atoms with van der Waals surface area (Å²) in [5, 5.41) is 10.6. The van der Waals surface area contributed by atoms with Gasteiger partial charge in [0.05, 0.1) is 11.5 Å². The largest absolute Gasteiger partial charge is 0.513 e. The molecular formula is C18H23NO7S. The fraction of sp³-hybridized carbons (Fsp3) is 0.500. The number of rotatable bonds is 12. The lowest BCUT2D eigenvalue weighted by atomic mass is 10.1. The zero-order valence-electron chi connectivity index (χ0n) is 15.2. The first kappa shape index (κ1) is 22.6. The average molecular weight is 397 g/mol. The van der Waals surface area contributed by atoms with E-state index in [4.69, 9.17) is 9.47 Å². The number of ether oxygens (including phenoxy) is 2. The van der Waals surface area contributed by atoms with Crippen LogP contribution in [0.1, 0.15) is 45.4 Å². The van der Waals surface area contributed by atoms with Crippen molar-refractivity contribution < 1.29 is 28.8 Å². The highest BCUT2D eigenvalue weighted by Crippen LogP contribution is 2.17. The Labute approximate surface area is 161 Å². The van der Waals surface area contributed by atoms with Crippen molar-refractivity contribution >= 4 is 34.5 Å². The van der Waals surface area contributed by atoms with E-state index < -0.39 is 11.1 Å². The minimum atomic E-state index is -0.917. The summed E-state index contributed by atoms with van der Waals surface area (Å²) >= 11 is 1.30. The predicted molar refractivity (Wildman–Crippen MR) is 101 cm³/mol. The molecule has 1 aromatic rings. The number of nitro benzene ring substituents is 1. The third kappa shape index (κ3) is 11.0. The SMILES string of the molecule is CC(=O)SCCCCCC(=O)CCCOC(=O)Oc1ccc([N+](=O)[O-])cc1. The fourth-order valence-corrected chi connectivity index (χ4v) is 2.76. The van der Waals surface area contributed by atoms with Crippen LogP contribution in [-0.2, 0) is 14.3 Å². The van der Waals surface area contributed by atoms with Crippen LogP contribution in [0.4, 0.5) is 10.5 Å². The van der Waals surface area contributed by atoms with E-state index in [9.17, 15) is 24.5 Å². The molecule has 0 heterocycles. The molecule has 9 heteroatoms. The Hall–Kier alpha value is -2.42. The maximum absolute atomic E-state index is 11.7.